The van der Waals surface area contributed by atoms with E-state index in [4.69, 9.17) is 0 Å². The van der Waals surface area contributed by atoms with Gasteiger partial charge in [-0.3, -0.25) is 9.59 Å². The van der Waals surface area contributed by atoms with Crippen molar-refractivity contribution in [3.05, 3.63) is 35.4 Å². The molecule has 122 valence electrons. The van der Waals surface area contributed by atoms with Crippen LogP contribution >= 0.6 is 12.4 Å². The molecule has 1 aromatic carbocycles. The van der Waals surface area contributed by atoms with Crippen molar-refractivity contribution in [3.63, 3.8) is 0 Å². The van der Waals surface area contributed by atoms with Crippen molar-refractivity contribution in [2.45, 2.75) is 25.8 Å². The van der Waals surface area contributed by atoms with Gasteiger partial charge in [0, 0.05) is 25.6 Å². The van der Waals surface area contributed by atoms with Crippen molar-refractivity contribution in [2.75, 3.05) is 20.1 Å². The molecule has 0 radical (unpaired) electrons. The number of rotatable bonds is 5. The van der Waals surface area contributed by atoms with Gasteiger partial charge in [-0.05, 0) is 49.5 Å². The van der Waals surface area contributed by atoms with E-state index in [2.05, 4.69) is 16.0 Å². The number of amides is 2. The summed E-state index contributed by atoms with van der Waals surface area (Å²) in [5.41, 5.74) is 1.63. The van der Waals surface area contributed by atoms with Crippen molar-refractivity contribution in [1.29, 1.82) is 0 Å². The molecular formula is C16H24ClN3O2. The van der Waals surface area contributed by atoms with Gasteiger partial charge in [-0.15, -0.1) is 12.4 Å². The SMILES string of the molecule is CNC(=O)c1ccc(CNC(=O)CC2CCNCC2)cc1.Cl. The molecule has 0 bridgehead atoms. The maximum Gasteiger partial charge on any atom is 0.251 e. The fraction of sp³-hybridized carbons (Fsp3) is 0.500. The highest BCUT2D eigenvalue weighted by Gasteiger charge is 2.16. The van der Waals surface area contributed by atoms with Crippen LogP contribution in [0.5, 0.6) is 0 Å². The maximum absolute atomic E-state index is 11.9. The van der Waals surface area contributed by atoms with Crippen LogP contribution in [0.15, 0.2) is 24.3 Å². The summed E-state index contributed by atoms with van der Waals surface area (Å²) in [5, 5.41) is 8.83. The second kappa shape index (κ2) is 9.43. The fourth-order valence-corrected chi connectivity index (χ4v) is 2.54. The first kappa shape index (κ1) is 18.5. The molecule has 1 aromatic rings. The van der Waals surface area contributed by atoms with Crippen LogP contribution in [0.1, 0.15) is 35.2 Å². The quantitative estimate of drug-likeness (QED) is 0.768. The Hall–Kier alpha value is -1.59. The molecule has 5 nitrogen and oxygen atoms in total. The van der Waals surface area contributed by atoms with Crippen molar-refractivity contribution in [2.24, 2.45) is 5.92 Å². The first-order chi connectivity index (χ1) is 10.2. The first-order valence-electron chi connectivity index (χ1n) is 7.47. The van der Waals surface area contributed by atoms with E-state index in [0.29, 0.717) is 24.4 Å². The summed E-state index contributed by atoms with van der Waals surface area (Å²) in [6.07, 6.45) is 2.76. The molecule has 0 spiro atoms. The second-order valence-corrected chi connectivity index (χ2v) is 5.45. The summed E-state index contributed by atoms with van der Waals surface area (Å²) in [4.78, 5) is 23.3. The summed E-state index contributed by atoms with van der Waals surface area (Å²) in [6.45, 7) is 2.54. The molecule has 1 heterocycles. The van der Waals surface area contributed by atoms with E-state index in [1.165, 1.54) is 0 Å². The molecule has 1 aliphatic heterocycles. The average molecular weight is 326 g/mol. The Bertz CT molecular complexity index is 485. The third kappa shape index (κ3) is 5.66. The molecule has 3 N–H and O–H groups in total. The van der Waals surface area contributed by atoms with Gasteiger partial charge in [0.1, 0.15) is 0 Å². The zero-order valence-electron chi connectivity index (χ0n) is 12.9. The van der Waals surface area contributed by atoms with Crippen LogP contribution in [0.25, 0.3) is 0 Å². The highest BCUT2D eigenvalue weighted by molar-refractivity contribution is 5.93. The third-order valence-electron chi connectivity index (χ3n) is 3.87. The van der Waals surface area contributed by atoms with E-state index in [9.17, 15) is 9.59 Å². The lowest BCUT2D eigenvalue weighted by atomic mass is 9.94. The van der Waals surface area contributed by atoms with Crippen molar-refractivity contribution in [3.8, 4) is 0 Å². The van der Waals surface area contributed by atoms with Gasteiger partial charge in [0.2, 0.25) is 5.91 Å². The molecule has 6 heteroatoms. The highest BCUT2D eigenvalue weighted by Crippen LogP contribution is 2.15. The Morgan fingerprint density at radius 3 is 2.41 bits per heavy atom. The predicted octanol–water partition coefficient (Wildman–Crippen LogP) is 1.47. The van der Waals surface area contributed by atoms with Crippen LogP contribution in [0, 0.1) is 5.92 Å². The van der Waals surface area contributed by atoms with Crippen LogP contribution in [-0.4, -0.2) is 32.0 Å². The minimum atomic E-state index is -0.100. The fourth-order valence-electron chi connectivity index (χ4n) is 2.54. The van der Waals surface area contributed by atoms with Gasteiger partial charge >= 0.3 is 0 Å². The zero-order chi connectivity index (χ0) is 15.1. The number of piperidine rings is 1. The molecule has 0 aliphatic carbocycles. The average Bonchev–Trinajstić information content (AvgIpc) is 2.53. The van der Waals surface area contributed by atoms with Crippen molar-refractivity contribution in [1.82, 2.24) is 16.0 Å². The predicted molar refractivity (Wildman–Crippen MR) is 89.1 cm³/mol. The molecule has 2 rings (SSSR count). The number of carbonyl (C=O) groups excluding carboxylic acids is 2. The zero-order valence-corrected chi connectivity index (χ0v) is 13.7. The van der Waals surface area contributed by atoms with E-state index in [1.54, 1.807) is 19.2 Å². The molecule has 1 aliphatic rings. The number of halogens is 1. The van der Waals surface area contributed by atoms with E-state index in [-0.39, 0.29) is 24.2 Å². The van der Waals surface area contributed by atoms with Crippen molar-refractivity contribution >= 4 is 24.2 Å². The van der Waals surface area contributed by atoms with Crippen LogP contribution in [0.4, 0.5) is 0 Å². The van der Waals surface area contributed by atoms with E-state index >= 15 is 0 Å². The van der Waals surface area contributed by atoms with Gasteiger partial charge in [-0.2, -0.15) is 0 Å². The number of benzene rings is 1. The standard InChI is InChI=1S/C16H23N3O2.ClH/c1-17-16(21)14-4-2-13(3-5-14)11-19-15(20)10-12-6-8-18-9-7-12;/h2-5,12,18H,6-11H2,1H3,(H,17,21)(H,19,20);1H. The summed E-state index contributed by atoms with van der Waals surface area (Å²) in [6, 6.07) is 7.28. The lowest BCUT2D eigenvalue weighted by Gasteiger charge is -2.21. The first-order valence-corrected chi connectivity index (χ1v) is 7.47. The minimum Gasteiger partial charge on any atom is -0.355 e. The molecule has 1 saturated heterocycles. The Kier molecular flexibility index (Phi) is 7.91. The molecule has 22 heavy (non-hydrogen) atoms. The van der Waals surface area contributed by atoms with E-state index in [0.717, 1.165) is 31.5 Å². The van der Waals surface area contributed by atoms with E-state index < -0.39 is 0 Å². The van der Waals surface area contributed by atoms with Crippen molar-refractivity contribution < 1.29 is 9.59 Å². The number of hydrogen-bond donors (Lipinski definition) is 3. The third-order valence-corrected chi connectivity index (χ3v) is 3.87. The smallest absolute Gasteiger partial charge is 0.251 e. The van der Waals surface area contributed by atoms with Crippen LogP contribution in [0.2, 0.25) is 0 Å². The van der Waals surface area contributed by atoms with Gasteiger partial charge < -0.3 is 16.0 Å². The number of carbonyl (C=O) groups is 2. The largest absolute Gasteiger partial charge is 0.355 e. The second-order valence-electron chi connectivity index (χ2n) is 5.45. The Labute approximate surface area is 137 Å². The summed E-state index contributed by atoms with van der Waals surface area (Å²) >= 11 is 0. The number of hydrogen-bond acceptors (Lipinski definition) is 3. The lowest BCUT2D eigenvalue weighted by molar-refractivity contribution is -0.122. The lowest BCUT2D eigenvalue weighted by Crippen LogP contribution is -2.32. The van der Waals surface area contributed by atoms with Gasteiger partial charge in [0.15, 0.2) is 0 Å². The molecule has 0 atom stereocenters. The Morgan fingerprint density at radius 2 is 1.82 bits per heavy atom. The maximum atomic E-state index is 11.9. The minimum absolute atomic E-state index is 0. The normalized spacial score (nSPS) is 14.8. The van der Waals surface area contributed by atoms with Gasteiger partial charge in [0.25, 0.3) is 5.91 Å². The Morgan fingerprint density at radius 1 is 1.18 bits per heavy atom. The summed E-state index contributed by atoms with van der Waals surface area (Å²) in [5.74, 6) is 0.510. The van der Waals surface area contributed by atoms with E-state index in [1.807, 2.05) is 12.1 Å². The highest BCUT2D eigenvalue weighted by atomic mass is 35.5. The molecule has 0 saturated carbocycles. The molecule has 1 fully saturated rings. The van der Waals surface area contributed by atoms with Crippen LogP contribution < -0.4 is 16.0 Å². The molecule has 2 amide bonds. The van der Waals surface area contributed by atoms with Gasteiger partial charge in [0.05, 0.1) is 0 Å². The summed E-state index contributed by atoms with van der Waals surface area (Å²) < 4.78 is 0. The molecule has 0 unspecified atom stereocenters. The Balaban J connectivity index is 0.00000242. The number of nitrogens with one attached hydrogen (secondary N) is 3. The van der Waals surface area contributed by atoms with Crippen LogP contribution in [-0.2, 0) is 11.3 Å². The topological polar surface area (TPSA) is 70.2 Å². The summed E-state index contributed by atoms with van der Waals surface area (Å²) in [7, 11) is 1.61. The molecule has 0 aromatic heterocycles. The van der Waals surface area contributed by atoms with Gasteiger partial charge in [-0.25, -0.2) is 0 Å². The molecular weight excluding hydrogens is 302 g/mol. The van der Waals surface area contributed by atoms with Crippen LogP contribution in [0.3, 0.4) is 0 Å². The van der Waals surface area contributed by atoms with Gasteiger partial charge in [-0.1, -0.05) is 12.1 Å². The monoisotopic (exact) mass is 325 g/mol.